The van der Waals surface area contributed by atoms with E-state index in [9.17, 15) is 0 Å². The summed E-state index contributed by atoms with van der Waals surface area (Å²) in [5.74, 6) is 0.892. The van der Waals surface area contributed by atoms with Crippen molar-refractivity contribution < 1.29 is 4.74 Å². The Balaban J connectivity index is 1.92. The molecule has 0 unspecified atom stereocenters. The molecule has 1 aliphatic heterocycles. The highest BCUT2D eigenvalue weighted by atomic mass is 79.9. The van der Waals surface area contributed by atoms with Crippen molar-refractivity contribution in [3.63, 3.8) is 0 Å². The molecule has 4 rings (SSSR count). The minimum atomic E-state index is -0.594. The van der Waals surface area contributed by atoms with E-state index in [1.165, 1.54) is 0 Å². The third-order valence-corrected chi connectivity index (χ3v) is 4.64. The molecule has 0 atom stereocenters. The van der Waals surface area contributed by atoms with Gasteiger partial charge in [0, 0.05) is 21.2 Å². The summed E-state index contributed by atoms with van der Waals surface area (Å²) in [6.07, 6.45) is 4.29. The Kier molecular flexibility index (Phi) is 3.55. The average molecular weight is 363 g/mol. The number of fused-ring (bicyclic) bond motifs is 1. The quantitative estimate of drug-likeness (QED) is 0.559. The summed E-state index contributed by atoms with van der Waals surface area (Å²) < 4.78 is 7.59. The third-order valence-electron chi connectivity index (χ3n) is 4.15. The van der Waals surface area contributed by atoms with E-state index < -0.39 is 5.60 Å². The Morgan fingerprint density at radius 1 is 0.739 bits per heavy atom. The SMILES string of the molecule is Brc1ccc2c(c1)C=CC(c1ccccc1)(c1ccccc1)O2. The molecule has 0 N–H and O–H groups in total. The van der Waals surface area contributed by atoms with Gasteiger partial charge >= 0.3 is 0 Å². The first kappa shape index (κ1) is 14.3. The van der Waals surface area contributed by atoms with Gasteiger partial charge in [0.2, 0.25) is 0 Å². The molecule has 2 heteroatoms. The highest BCUT2D eigenvalue weighted by Gasteiger charge is 2.36. The van der Waals surface area contributed by atoms with E-state index in [0.29, 0.717) is 0 Å². The molecule has 0 saturated carbocycles. The van der Waals surface area contributed by atoms with Crippen LogP contribution in [0.25, 0.3) is 6.08 Å². The molecule has 3 aromatic carbocycles. The van der Waals surface area contributed by atoms with Crippen molar-refractivity contribution in [1.82, 2.24) is 0 Å². The molecule has 0 amide bonds. The zero-order valence-corrected chi connectivity index (χ0v) is 14.0. The van der Waals surface area contributed by atoms with Gasteiger partial charge in [-0.3, -0.25) is 0 Å². The summed E-state index contributed by atoms with van der Waals surface area (Å²) in [5, 5.41) is 0. The largest absolute Gasteiger partial charge is 0.473 e. The Morgan fingerprint density at radius 3 is 1.96 bits per heavy atom. The van der Waals surface area contributed by atoms with E-state index in [2.05, 4.69) is 58.4 Å². The fourth-order valence-electron chi connectivity index (χ4n) is 3.01. The molecule has 3 aromatic rings. The van der Waals surface area contributed by atoms with Crippen molar-refractivity contribution in [2.75, 3.05) is 0 Å². The van der Waals surface area contributed by atoms with Crippen LogP contribution in [0.1, 0.15) is 16.7 Å². The van der Waals surface area contributed by atoms with Crippen LogP contribution in [0, 0.1) is 0 Å². The van der Waals surface area contributed by atoms with Crippen LogP contribution in [-0.2, 0) is 5.60 Å². The van der Waals surface area contributed by atoms with Crippen LogP contribution in [0.2, 0.25) is 0 Å². The predicted molar refractivity (Wildman–Crippen MR) is 97.5 cm³/mol. The van der Waals surface area contributed by atoms with Gasteiger partial charge in [0.25, 0.3) is 0 Å². The summed E-state index contributed by atoms with van der Waals surface area (Å²) in [7, 11) is 0. The number of halogens is 1. The Labute approximate surface area is 144 Å². The third kappa shape index (κ3) is 2.49. The van der Waals surface area contributed by atoms with Crippen LogP contribution in [-0.4, -0.2) is 0 Å². The lowest BCUT2D eigenvalue weighted by Gasteiger charge is -2.36. The minimum absolute atomic E-state index is 0.594. The fourth-order valence-corrected chi connectivity index (χ4v) is 3.38. The smallest absolute Gasteiger partial charge is 0.178 e. The number of benzene rings is 3. The Hall–Kier alpha value is -2.32. The van der Waals surface area contributed by atoms with Crippen LogP contribution in [0.3, 0.4) is 0 Å². The molecule has 0 radical (unpaired) electrons. The first-order valence-electron chi connectivity index (χ1n) is 7.57. The summed E-state index contributed by atoms with van der Waals surface area (Å²) >= 11 is 3.52. The second-order valence-corrected chi connectivity index (χ2v) is 6.50. The maximum atomic E-state index is 6.54. The predicted octanol–water partition coefficient (Wildman–Crippen LogP) is 5.80. The van der Waals surface area contributed by atoms with Crippen molar-refractivity contribution >= 4 is 22.0 Å². The molecule has 1 heterocycles. The van der Waals surface area contributed by atoms with Crippen LogP contribution in [0.4, 0.5) is 0 Å². The summed E-state index contributed by atoms with van der Waals surface area (Å²) in [4.78, 5) is 0. The lowest BCUT2D eigenvalue weighted by molar-refractivity contribution is 0.161. The van der Waals surface area contributed by atoms with E-state index >= 15 is 0 Å². The van der Waals surface area contributed by atoms with Crippen molar-refractivity contribution in [2.45, 2.75) is 5.60 Å². The zero-order valence-electron chi connectivity index (χ0n) is 12.4. The first-order chi connectivity index (χ1) is 11.3. The van der Waals surface area contributed by atoms with Crippen molar-refractivity contribution in [1.29, 1.82) is 0 Å². The lowest BCUT2D eigenvalue weighted by Crippen LogP contribution is -2.34. The molecule has 1 aliphatic rings. The molecule has 0 fully saturated rings. The highest BCUT2D eigenvalue weighted by molar-refractivity contribution is 9.10. The van der Waals surface area contributed by atoms with E-state index in [4.69, 9.17) is 4.74 Å². The summed E-state index contributed by atoms with van der Waals surface area (Å²) in [6.45, 7) is 0. The molecule has 0 aromatic heterocycles. The lowest BCUT2D eigenvalue weighted by atomic mass is 9.84. The maximum Gasteiger partial charge on any atom is 0.178 e. The number of ether oxygens (including phenoxy) is 1. The molecule has 112 valence electrons. The molecule has 0 spiro atoms. The van der Waals surface area contributed by atoms with Gasteiger partial charge in [-0.15, -0.1) is 0 Å². The fraction of sp³-hybridized carbons (Fsp3) is 0.0476. The van der Waals surface area contributed by atoms with Gasteiger partial charge in [0.15, 0.2) is 5.60 Å². The topological polar surface area (TPSA) is 9.23 Å². The molecular weight excluding hydrogens is 348 g/mol. The number of hydrogen-bond donors (Lipinski definition) is 0. The van der Waals surface area contributed by atoms with Crippen molar-refractivity contribution in [3.05, 3.63) is 106 Å². The summed E-state index contributed by atoms with van der Waals surface area (Å²) in [6, 6.07) is 26.8. The van der Waals surface area contributed by atoms with Crippen LogP contribution in [0.5, 0.6) is 5.75 Å². The second kappa shape index (κ2) is 5.71. The highest BCUT2D eigenvalue weighted by Crippen LogP contribution is 2.42. The maximum absolute atomic E-state index is 6.54. The molecule has 0 aliphatic carbocycles. The van der Waals surface area contributed by atoms with Gasteiger partial charge in [-0.1, -0.05) is 82.7 Å². The molecule has 1 nitrogen and oxygen atoms in total. The van der Waals surface area contributed by atoms with Gasteiger partial charge in [-0.05, 0) is 24.3 Å². The zero-order chi connectivity index (χ0) is 15.7. The van der Waals surface area contributed by atoms with Gasteiger partial charge in [0.05, 0.1) is 0 Å². The molecule has 23 heavy (non-hydrogen) atoms. The first-order valence-corrected chi connectivity index (χ1v) is 8.36. The Morgan fingerprint density at radius 2 is 1.35 bits per heavy atom. The van der Waals surface area contributed by atoms with Crippen molar-refractivity contribution in [2.24, 2.45) is 0 Å². The van der Waals surface area contributed by atoms with Gasteiger partial charge in [0.1, 0.15) is 5.75 Å². The second-order valence-electron chi connectivity index (χ2n) is 5.59. The van der Waals surface area contributed by atoms with E-state index in [-0.39, 0.29) is 0 Å². The monoisotopic (exact) mass is 362 g/mol. The van der Waals surface area contributed by atoms with Crippen molar-refractivity contribution in [3.8, 4) is 5.75 Å². The van der Waals surface area contributed by atoms with Crippen LogP contribution < -0.4 is 4.74 Å². The standard InChI is InChI=1S/C21H15BrO/c22-19-11-12-20-16(15-19)13-14-21(23-20,17-7-3-1-4-8-17)18-9-5-2-6-10-18/h1-15H. The van der Waals surface area contributed by atoms with Crippen LogP contribution >= 0.6 is 15.9 Å². The van der Waals surface area contributed by atoms with E-state index in [1.54, 1.807) is 0 Å². The Bertz CT molecular complexity index is 814. The van der Waals surface area contributed by atoms with E-state index in [0.717, 1.165) is 26.9 Å². The molecular formula is C21H15BrO. The van der Waals surface area contributed by atoms with Gasteiger partial charge < -0.3 is 4.74 Å². The average Bonchev–Trinajstić information content (AvgIpc) is 2.63. The van der Waals surface area contributed by atoms with Crippen LogP contribution in [0.15, 0.2) is 89.4 Å². The minimum Gasteiger partial charge on any atom is -0.473 e. The number of hydrogen-bond acceptors (Lipinski definition) is 1. The van der Waals surface area contributed by atoms with E-state index in [1.807, 2.05) is 48.5 Å². The summed E-state index contributed by atoms with van der Waals surface area (Å²) in [5.41, 5.74) is 2.73. The van der Waals surface area contributed by atoms with Gasteiger partial charge in [-0.25, -0.2) is 0 Å². The van der Waals surface area contributed by atoms with Gasteiger partial charge in [-0.2, -0.15) is 0 Å². The number of rotatable bonds is 2. The molecule has 0 bridgehead atoms. The normalized spacial score (nSPS) is 14.8. The molecule has 0 saturated heterocycles.